The molecule has 1 atom stereocenters. The molecule has 0 unspecified atom stereocenters. The van der Waals surface area contributed by atoms with E-state index < -0.39 is 5.97 Å². The van der Waals surface area contributed by atoms with Crippen LogP contribution < -0.4 is 0 Å². The molecule has 4 nitrogen and oxygen atoms in total. The molecule has 7 heteroatoms. The summed E-state index contributed by atoms with van der Waals surface area (Å²) in [5.41, 5.74) is 3.99. The first-order valence-corrected chi connectivity index (χ1v) is 11.3. The SMILES string of the molecule is CC#N.Cc1ccsc1C(=CCCN1CCC[C@@H](C(=O)O)C1)c1sccc1C.Cl. The number of carbonyl (C=O) groups is 1. The topological polar surface area (TPSA) is 64.3 Å². The number of piperidine rings is 1. The predicted molar refractivity (Wildman–Crippen MR) is 125 cm³/mol. The van der Waals surface area contributed by atoms with Crippen molar-refractivity contribution in [3.63, 3.8) is 0 Å². The Balaban J connectivity index is 0.000000990. The van der Waals surface area contributed by atoms with Crippen LogP contribution in [0.2, 0.25) is 0 Å². The van der Waals surface area contributed by atoms with Gasteiger partial charge in [-0.05, 0) is 73.7 Å². The van der Waals surface area contributed by atoms with Gasteiger partial charge in [0.1, 0.15) is 0 Å². The highest BCUT2D eigenvalue weighted by Crippen LogP contribution is 2.35. The lowest BCUT2D eigenvalue weighted by Gasteiger charge is -2.30. The monoisotopic (exact) mass is 452 g/mol. The van der Waals surface area contributed by atoms with Crippen molar-refractivity contribution < 1.29 is 9.90 Å². The number of nitrogens with zero attached hydrogens (tertiary/aromatic N) is 2. The van der Waals surface area contributed by atoms with Crippen molar-refractivity contribution in [2.45, 2.75) is 40.0 Å². The highest BCUT2D eigenvalue weighted by Gasteiger charge is 2.24. The number of hydrogen-bond acceptors (Lipinski definition) is 5. The fraction of sp³-hybridized carbons (Fsp3) is 0.455. The molecule has 1 aliphatic heterocycles. The van der Waals surface area contributed by atoms with E-state index in [1.165, 1.54) is 33.4 Å². The Morgan fingerprint density at radius 1 is 1.28 bits per heavy atom. The molecule has 158 valence electrons. The van der Waals surface area contributed by atoms with Crippen LogP contribution in [0.1, 0.15) is 47.1 Å². The lowest BCUT2D eigenvalue weighted by molar-refractivity contribution is -0.143. The molecular weight excluding hydrogens is 424 g/mol. The second kappa shape index (κ2) is 12.8. The number of carboxylic acids is 1. The number of rotatable bonds is 6. The van der Waals surface area contributed by atoms with Gasteiger partial charge in [0.25, 0.3) is 0 Å². The summed E-state index contributed by atoms with van der Waals surface area (Å²) in [5.74, 6) is -0.847. The number of carboxylic acid groups (broad SMARTS) is 1. The number of aryl methyl sites for hydroxylation is 2. The normalized spacial score (nSPS) is 16.0. The Kier molecular flexibility index (Phi) is 11.2. The van der Waals surface area contributed by atoms with E-state index in [-0.39, 0.29) is 18.3 Å². The third-order valence-corrected chi connectivity index (χ3v) is 6.96. The van der Waals surface area contributed by atoms with Gasteiger partial charge in [0.15, 0.2) is 0 Å². The van der Waals surface area contributed by atoms with Crippen molar-refractivity contribution in [1.29, 1.82) is 5.26 Å². The average Bonchev–Trinajstić information content (AvgIpc) is 3.28. The smallest absolute Gasteiger partial charge is 0.307 e. The lowest BCUT2D eigenvalue weighted by Crippen LogP contribution is -2.39. The highest BCUT2D eigenvalue weighted by molar-refractivity contribution is 7.14. The van der Waals surface area contributed by atoms with Crippen LogP contribution in [0.4, 0.5) is 0 Å². The molecule has 0 saturated carbocycles. The van der Waals surface area contributed by atoms with E-state index in [0.717, 1.165) is 32.4 Å². The lowest BCUT2D eigenvalue weighted by atomic mass is 9.98. The van der Waals surface area contributed by atoms with Crippen molar-refractivity contribution >= 4 is 46.6 Å². The Hall–Kier alpha value is -1.65. The summed E-state index contributed by atoms with van der Waals surface area (Å²) in [6.07, 6.45) is 5.11. The first-order chi connectivity index (χ1) is 13.5. The molecule has 0 amide bonds. The number of thiophene rings is 2. The average molecular weight is 453 g/mol. The van der Waals surface area contributed by atoms with Crippen molar-refractivity contribution in [2.24, 2.45) is 5.92 Å². The van der Waals surface area contributed by atoms with Gasteiger partial charge in [0, 0.05) is 35.3 Å². The fourth-order valence-corrected chi connectivity index (χ4v) is 5.45. The summed E-state index contributed by atoms with van der Waals surface area (Å²) < 4.78 is 0. The van der Waals surface area contributed by atoms with Crippen LogP contribution in [-0.4, -0.2) is 35.6 Å². The summed E-state index contributed by atoms with van der Waals surface area (Å²) in [6, 6.07) is 6.11. The van der Waals surface area contributed by atoms with E-state index in [1.807, 2.05) is 0 Å². The largest absolute Gasteiger partial charge is 0.481 e. The number of hydrogen-bond donors (Lipinski definition) is 1. The Bertz CT molecular complexity index is 809. The Morgan fingerprint density at radius 2 is 1.83 bits per heavy atom. The van der Waals surface area contributed by atoms with E-state index in [2.05, 4.69) is 47.7 Å². The maximum atomic E-state index is 11.2. The molecule has 0 bridgehead atoms. The van der Waals surface area contributed by atoms with Gasteiger partial charge in [-0.15, -0.1) is 35.1 Å². The summed E-state index contributed by atoms with van der Waals surface area (Å²) in [7, 11) is 0. The summed E-state index contributed by atoms with van der Waals surface area (Å²) in [6.45, 7) is 8.41. The van der Waals surface area contributed by atoms with Crippen LogP contribution in [0.5, 0.6) is 0 Å². The minimum absolute atomic E-state index is 0. The van der Waals surface area contributed by atoms with Crippen molar-refractivity contribution in [1.82, 2.24) is 4.90 Å². The van der Waals surface area contributed by atoms with Crippen LogP contribution >= 0.6 is 35.1 Å². The molecule has 0 aromatic carbocycles. The molecule has 29 heavy (non-hydrogen) atoms. The molecule has 0 radical (unpaired) electrons. The number of aliphatic carboxylic acids is 1. The first kappa shape index (κ1) is 25.4. The van der Waals surface area contributed by atoms with Gasteiger partial charge in [0.05, 0.1) is 12.0 Å². The quantitative estimate of drug-likeness (QED) is 0.584. The van der Waals surface area contributed by atoms with E-state index in [0.29, 0.717) is 6.54 Å². The molecule has 1 saturated heterocycles. The molecule has 1 aliphatic rings. The van der Waals surface area contributed by atoms with Crippen molar-refractivity contribution in [3.05, 3.63) is 49.9 Å². The predicted octanol–water partition coefficient (Wildman–Crippen LogP) is 6.00. The molecule has 2 aromatic heterocycles. The van der Waals surface area contributed by atoms with Crippen LogP contribution in [-0.2, 0) is 4.79 Å². The van der Waals surface area contributed by atoms with Gasteiger partial charge in [-0.2, -0.15) is 5.26 Å². The summed E-state index contributed by atoms with van der Waals surface area (Å²) >= 11 is 3.60. The van der Waals surface area contributed by atoms with Gasteiger partial charge in [-0.3, -0.25) is 4.79 Å². The zero-order chi connectivity index (χ0) is 20.5. The van der Waals surface area contributed by atoms with E-state index >= 15 is 0 Å². The van der Waals surface area contributed by atoms with Gasteiger partial charge in [-0.25, -0.2) is 0 Å². The minimum atomic E-state index is -0.649. The fourth-order valence-electron chi connectivity index (χ4n) is 3.44. The van der Waals surface area contributed by atoms with E-state index in [9.17, 15) is 9.90 Å². The third kappa shape index (κ3) is 7.27. The number of nitriles is 1. The molecule has 2 aromatic rings. The maximum absolute atomic E-state index is 11.2. The van der Waals surface area contributed by atoms with Gasteiger partial charge >= 0.3 is 5.97 Å². The first-order valence-electron chi connectivity index (χ1n) is 9.53. The van der Waals surface area contributed by atoms with Gasteiger partial charge < -0.3 is 10.0 Å². The summed E-state index contributed by atoms with van der Waals surface area (Å²) in [4.78, 5) is 16.2. The third-order valence-electron chi connectivity index (χ3n) is 4.86. The standard InChI is InChI=1S/C20H25NO2S2.C2H3N.ClH/c1-14-7-11-24-18(14)17(19-15(2)8-12-25-19)6-4-10-21-9-3-5-16(13-21)20(22)23;1-2-3;/h6-8,11-12,16H,3-5,9-10,13H2,1-2H3,(H,22,23);1H3;1H/t16-;;/m1../s1. The molecule has 0 aliphatic carbocycles. The second-order valence-corrected chi connectivity index (χ2v) is 8.81. The zero-order valence-electron chi connectivity index (χ0n) is 17.2. The van der Waals surface area contributed by atoms with E-state index in [1.54, 1.807) is 28.7 Å². The van der Waals surface area contributed by atoms with Gasteiger partial charge in [-0.1, -0.05) is 6.08 Å². The summed E-state index contributed by atoms with van der Waals surface area (Å²) in [5, 5.41) is 20.9. The van der Waals surface area contributed by atoms with Gasteiger partial charge in [0.2, 0.25) is 0 Å². The highest BCUT2D eigenvalue weighted by atomic mass is 35.5. The number of halogens is 1. The zero-order valence-corrected chi connectivity index (χ0v) is 19.6. The Labute approximate surface area is 187 Å². The molecular formula is C22H29ClN2O2S2. The van der Waals surface area contributed by atoms with Crippen molar-refractivity contribution in [2.75, 3.05) is 19.6 Å². The van der Waals surface area contributed by atoms with Crippen LogP contribution in [0.15, 0.2) is 29.0 Å². The molecule has 0 spiro atoms. The number of likely N-dealkylation sites (tertiary alicyclic amines) is 1. The van der Waals surface area contributed by atoms with Crippen LogP contribution in [0, 0.1) is 31.1 Å². The molecule has 3 rings (SSSR count). The Morgan fingerprint density at radius 3 is 2.28 bits per heavy atom. The molecule has 3 heterocycles. The maximum Gasteiger partial charge on any atom is 0.307 e. The van der Waals surface area contributed by atoms with Crippen LogP contribution in [0.25, 0.3) is 5.57 Å². The molecule has 1 N–H and O–H groups in total. The van der Waals surface area contributed by atoms with Crippen LogP contribution in [0.3, 0.4) is 0 Å². The van der Waals surface area contributed by atoms with E-state index in [4.69, 9.17) is 5.26 Å². The van der Waals surface area contributed by atoms with Crippen molar-refractivity contribution in [3.8, 4) is 6.07 Å². The molecule has 1 fully saturated rings. The second-order valence-electron chi connectivity index (χ2n) is 6.97. The minimum Gasteiger partial charge on any atom is -0.481 e.